The first-order valence-corrected chi connectivity index (χ1v) is 6.12. The van der Waals surface area contributed by atoms with Crippen LogP contribution in [0.4, 0.5) is 0 Å². The first-order valence-electron chi connectivity index (χ1n) is 6.12. The molecule has 1 nitrogen and oxygen atoms in total. The molecule has 0 aliphatic rings. The normalized spacial score (nSPS) is 11.0. The minimum Gasteiger partial charge on any atom is -0.493 e. The molecule has 0 N–H and O–H groups in total. The van der Waals surface area contributed by atoms with E-state index >= 15 is 0 Å². The molecule has 0 unspecified atom stereocenters. The molecule has 0 aromatic heterocycles. The van der Waals surface area contributed by atoms with Crippen molar-refractivity contribution in [3.05, 3.63) is 29.3 Å². The molecule has 0 bridgehead atoms. The third-order valence-electron chi connectivity index (χ3n) is 2.67. The Morgan fingerprint density at radius 1 is 1.29 bits per heavy atom. The van der Waals surface area contributed by atoms with Gasteiger partial charge in [0.05, 0.1) is 6.61 Å². The van der Waals surface area contributed by atoms with Crippen LogP contribution in [0, 0.1) is 19.3 Å². The topological polar surface area (TPSA) is 9.23 Å². The van der Waals surface area contributed by atoms with Gasteiger partial charge in [-0.1, -0.05) is 38.5 Å². The van der Waals surface area contributed by atoms with E-state index in [0.29, 0.717) is 6.61 Å². The monoisotopic (exact) mass is 230 g/mol. The summed E-state index contributed by atoms with van der Waals surface area (Å²) in [6.45, 7) is 9.41. The van der Waals surface area contributed by atoms with Gasteiger partial charge in [0, 0.05) is 6.42 Å². The lowest BCUT2D eigenvalue weighted by atomic mass is 9.85. The van der Waals surface area contributed by atoms with Crippen LogP contribution in [-0.4, -0.2) is 6.61 Å². The summed E-state index contributed by atoms with van der Waals surface area (Å²) in [5.74, 6) is 3.61. The van der Waals surface area contributed by atoms with Crippen LogP contribution >= 0.6 is 0 Å². The molecule has 1 aromatic rings. The van der Waals surface area contributed by atoms with Gasteiger partial charge >= 0.3 is 0 Å². The fraction of sp³-hybridized carbons (Fsp3) is 0.500. The van der Waals surface area contributed by atoms with Crippen LogP contribution < -0.4 is 4.74 Å². The van der Waals surface area contributed by atoms with Crippen LogP contribution in [0.25, 0.3) is 0 Å². The maximum atomic E-state index is 5.83. The molecule has 0 heterocycles. The van der Waals surface area contributed by atoms with Gasteiger partial charge < -0.3 is 4.74 Å². The average molecular weight is 230 g/mol. The van der Waals surface area contributed by atoms with Crippen molar-refractivity contribution in [3.63, 3.8) is 0 Å². The van der Waals surface area contributed by atoms with Crippen LogP contribution in [0.2, 0.25) is 0 Å². The van der Waals surface area contributed by atoms with E-state index in [2.05, 4.69) is 51.8 Å². The van der Waals surface area contributed by atoms with Gasteiger partial charge in [-0.2, -0.15) is 0 Å². The van der Waals surface area contributed by atoms with Crippen molar-refractivity contribution in [1.82, 2.24) is 0 Å². The highest BCUT2D eigenvalue weighted by Gasteiger charge is 2.18. The molecule has 0 aliphatic heterocycles. The second-order valence-electron chi connectivity index (χ2n) is 5.41. The van der Waals surface area contributed by atoms with E-state index in [4.69, 9.17) is 11.2 Å². The first-order chi connectivity index (χ1) is 7.95. The van der Waals surface area contributed by atoms with Gasteiger partial charge in [0.25, 0.3) is 0 Å². The lowest BCUT2D eigenvalue weighted by Crippen LogP contribution is -2.14. The Kier molecular flexibility index (Phi) is 4.63. The van der Waals surface area contributed by atoms with Crippen molar-refractivity contribution >= 4 is 0 Å². The first kappa shape index (κ1) is 13.6. The number of hydrogen-bond donors (Lipinski definition) is 0. The molecule has 0 fully saturated rings. The lowest BCUT2D eigenvalue weighted by Gasteiger charge is -2.23. The lowest BCUT2D eigenvalue weighted by molar-refractivity contribution is 0.304. The van der Waals surface area contributed by atoms with Crippen LogP contribution in [0.1, 0.15) is 44.7 Å². The highest BCUT2D eigenvalue weighted by atomic mass is 16.5. The molecule has 1 aromatic carbocycles. The Hall–Kier alpha value is -1.42. The van der Waals surface area contributed by atoms with Crippen molar-refractivity contribution in [2.75, 3.05) is 6.61 Å². The fourth-order valence-electron chi connectivity index (χ4n) is 1.71. The number of aryl methyl sites for hydroxylation is 1. The molecule has 0 saturated heterocycles. The van der Waals surface area contributed by atoms with E-state index in [1.807, 2.05) is 0 Å². The summed E-state index contributed by atoms with van der Waals surface area (Å²) >= 11 is 0. The fourth-order valence-corrected chi connectivity index (χ4v) is 1.71. The highest BCUT2D eigenvalue weighted by Crippen LogP contribution is 2.32. The van der Waals surface area contributed by atoms with Crippen molar-refractivity contribution in [1.29, 1.82) is 0 Å². The molecule has 92 valence electrons. The quantitative estimate of drug-likeness (QED) is 0.559. The smallest absolute Gasteiger partial charge is 0.123 e. The summed E-state index contributed by atoms with van der Waals surface area (Å²) < 4.78 is 5.83. The van der Waals surface area contributed by atoms with Crippen molar-refractivity contribution in [2.45, 2.75) is 46.0 Å². The summed E-state index contributed by atoms with van der Waals surface area (Å²) in [5.41, 5.74) is 2.64. The number of terminal acetylenes is 1. The number of unbranched alkanes of at least 4 members (excludes halogenated alkanes) is 1. The number of ether oxygens (including phenoxy) is 1. The van der Waals surface area contributed by atoms with Gasteiger partial charge in [0.1, 0.15) is 5.75 Å². The number of benzene rings is 1. The van der Waals surface area contributed by atoms with Crippen molar-refractivity contribution in [3.8, 4) is 18.1 Å². The van der Waals surface area contributed by atoms with Gasteiger partial charge in [-0.25, -0.2) is 0 Å². The molecule has 0 aliphatic carbocycles. The molecule has 0 amide bonds. The molecule has 1 heteroatoms. The van der Waals surface area contributed by atoms with Gasteiger partial charge in [-0.05, 0) is 30.4 Å². The molecule has 0 atom stereocenters. The van der Waals surface area contributed by atoms with Gasteiger partial charge in [-0.3, -0.25) is 0 Å². The molecular formula is C16H22O. The maximum Gasteiger partial charge on any atom is 0.123 e. The van der Waals surface area contributed by atoms with E-state index in [-0.39, 0.29) is 5.41 Å². The zero-order chi connectivity index (χ0) is 12.9. The minimum absolute atomic E-state index is 0.105. The van der Waals surface area contributed by atoms with Crippen molar-refractivity contribution < 1.29 is 4.74 Å². The Labute approximate surface area is 105 Å². The standard InChI is InChI=1S/C16H22O/c1-6-7-8-11-17-15-10-9-13(2)12-14(15)16(3,4)5/h1,9-10,12H,7-8,11H2,2-5H3. The predicted octanol–water partition coefficient (Wildman–Crippen LogP) is 4.08. The second kappa shape index (κ2) is 5.77. The van der Waals surface area contributed by atoms with Crippen molar-refractivity contribution in [2.24, 2.45) is 0 Å². The molecule has 0 saturated carbocycles. The average Bonchev–Trinajstić information content (AvgIpc) is 2.25. The van der Waals surface area contributed by atoms with E-state index in [1.165, 1.54) is 11.1 Å². The highest BCUT2D eigenvalue weighted by molar-refractivity contribution is 5.41. The summed E-state index contributed by atoms with van der Waals surface area (Å²) in [4.78, 5) is 0. The third-order valence-corrected chi connectivity index (χ3v) is 2.67. The molecular weight excluding hydrogens is 208 g/mol. The summed E-state index contributed by atoms with van der Waals surface area (Å²) in [6, 6.07) is 6.36. The van der Waals surface area contributed by atoms with Gasteiger partial charge in [-0.15, -0.1) is 12.3 Å². The Morgan fingerprint density at radius 2 is 2.00 bits per heavy atom. The Balaban J connectivity index is 2.81. The van der Waals surface area contributed by atoms with E-state index in [9.17, 15) is 0 Å². The SMILES string of the molecule is C#CCCCOc1ccc(C)cc1C(C)(C)C. The zero-order valence-corrected chi connectivity index (χ0v) is 11.3. The maximum absolute atomic E-state index is 5.83. The second-order valence-corrected chi connectivity index (χ2v) is 5.41. The van der Waals surface area contributed by atoms with E-state index in [0.717, 1.165) is 18.6 Å². The number of rotatable bonds is 4. The van der Waals surface area contributed by atoms with Crippen LogP contribution in [0.3, 0.4) is 0 Å². The largest absolute Gasteiger partial charge is 0.493 e. The predicted molar refractivity (Wildman–Crippen MR) is 73.4 cm³/mol. The van der Waals surface area contributed by atoms with E-state index < -0.39 is 0 Å². The minimum atomic E-state index is 0.105. The molecule has 0 radical (unpaired) electrons. The molecule has 1 rings (SSSR count). The summed E-state index contributed by atoms with van der Waals surface area (Å²) in [6.07, 6.45) is 6.91. The molecule has 17 heavy (non-hydrogen) atoms. The third kappa shape index (κ3) is 4.15. The zero-order valence-electron chi connectivity index (χ0n) is 11.3. The van der Waals surface area contributed by atoms with Crippen LogP contribution in [-0.2, 0) is 5.41 Å². The Morgan fingerprint density at radius 3 is 2.59 bits per heavy atom. The van der Waals surface area contributed by atoms with E-state index in [1.54, 1.807) is 0 Å². The Bertz CT molecular complexity index is 405. The molecule has 0 spiro atoms. The van der Waals surface area contributed by atoms with Crippen LogP contribution in [0.15, 0.2) is 18.2 Å². The van der Waals surface area contributed by atoms with Crippen LogP contribution in [0.5, 0.6) is 5.75 Å². The number of hydrogen-bond acceptors (Lipinski definition) is 1. The summed E-state index contributed by atoms with van der Waals surface area (Å²) in [7, 11) is 0. The van der Waals surface area contributed by atoms with Gasteiger partial charge in [0.15, 0.2) is 0 Å². The van der Waals surface area contributed by atoms with Gasteiger partial charge in [0.2, 0.25) is 0 Å². The summed E-state index contributed by atoms with van der Waals surface area (Å²) in [5, 5.41) is 0.